The minimum atomic E-state index is -0.300. The van der Waals surface area contributed by atoms with Crippen molar-refractivity contribution in [2.24, 2.45) is 5.92 Å². The molecule has 1 N–H and O–H groups in total. The van der Waals surface area contributed by atoms with E-state index in [-0.39, 0.29) is 24.2 Å². The van der Waals surface area contributed by atoms with Gasteiger partial charge in [0, 0.05) is 31.3 Å². The van der Waals surface area contributed by atoms with Crippen LogP contribution in [-0.2, 0) is 9.59 Å². The quantitative estimate of drug-likeness (QED) is 0.885. The molecule has 0 aliphatic carbocycles. The maximum Gasteiger partial charge on any atom is 0.227 e. The van der Waals surface area contributed by atoms with Crippen LogP contribution in [0.25, 0.3) is 0 Å². The Morgan fingerprint density at radius 2 is 2.05 bits per heavy atom. The van der Waals surface area contributed by atoms with Gasteiger partial charge in [-0.2, -0.15) is 0 Å². The predicted octanol–water partition coefficient (Wildman–Crippen LogP) is 1.19. The summed E-state index contributed by atoms with van der Waals surface area (Å²) >= 11 is 0. The fraction of sp³-hybridized carbons (Fsp3) is 0.467. The summed E-state index contributed by atoms with van der Waals surface area (Å²) in [5.74, 6) is 0.732. The number of methoxy groups -OCH3 is 2. The van der Waals surface area contributed by atoms with Crippen molar-refractivity contribution in [3.8, 4) is 11.5 Å². The Labute approximate surface area is 124 Å². The molecule has 1 saturated heterocycles. The molecule has 2 rings (SSSR count). The number of hydrogen-bond acceptors (Lipinski definition) is 4. The van der Waals surface area contributed by atoms with Gasteiger partial charge in [0.15, 0.2) is 11.5 Å². The van der Waals surface area contributed by atoms with E-state index in [1.165, 1.54) is 0 Å². The average molecular weight is 292 g/mol. The highest BCUT2D eigenvalue weighted by Crippen LogP contribution is 2.34. The molecule has 0 spiro atoms. The topological polar surface area (TPSA) is 67.9 Å². The van der Waals surface area contributed by atoms with E-state index in [0.29, 0.717) is 30.3 Å². The molecule has 0 aromatic heterocycles. The molecule has 6 nitrogen and oxygen atoms in total. The van der Waals surface area contributed by atoms with Crippen molar-refractivity contribution in [2.45, 2.75) is 13.3 Å². The third-order valence-electron chi connectivity index (χ3n) is 3.53. The van der Waals surface area contributed by atoms with Gasteiger partial charge < -0.3 is 19.7 Å². The van der Waals surface area contributed by atoms with Crippen LogP contribution in [0.4, 0.5) is 5.69 Å². The molecule has 1 unspecified atom stereocenters. The molecule has 0 bridgehead atoms. The summed E-state index contributed by atoms with van der Waals surface area (Å²) in [5.41, 5.74) is 0.712. The van der Waals surface area contributed by atoms with Crippen molar-refractivity contribution >= 4 is 17.5 Å². The zero-order valence-electron chi connectivity index (χ0n) is 12.5. The molecule has 1 aromatic carbocycles. The summed E-state index contributed by atoms with van der Waals surface area (Å²) in [6.07, 6.45) is 0.236. The normalized spacial score (nSPS) is 17.8. The number of ether oxygens (including phenoxy) is 2. The maximum absolute atomic E-state index is 12.1. The number of benzene rings is 1. The third kappa shape index (κ3) is 3.09. The van der Waals surface area contributed by atoms with E-state index in [4.69, 9.17) is 9.47 Å². The molecular formula is C15H20N2O4. The van der Waals surface area contributed by atoms with Crippen molar-refractivity contribution in [3.05, 3.63) is 18.2 Å². The summed E-state index contributed by atoms with van der Waals surface area (Å²) in [4.78, 5) is 25.6. The molecule has 114 valence electrons. The molecule has 0 saturated carbocycles. The van der Waals surface area contributed by atoms with Crippen molar-refractivity contribution in [2.75, 3.05) is 32.2 Å². The summed E-state index contributed by atoms with van der Waals surface area (Å²) in [6.45, 7) is 2.82. The van der Waals surface area contributed by atoms with E-state index >= 15 is 0 Å². The Morgan fingerprint density at radius 3 is 2.67 bits per heavy atom. The molecule has 1 aliphatic rings. The largest absolute Gasteiger partial charge is 0.493 e. The first-order chi connectivity index (χ1) is 10.1. The van der Waals surface area contributed by atoms with Gasteiger partial charge in [-0.15, -0.1) is 0 Å². The Kier molecular flexibility index (Phi) is 4.67. The van der Waals surface area contributed by atoms with Gasteiger partial charge in [0.05, 0.1) is 20.1 Å². The van der Waals surface area contributed by atoms with E-state index in [2.05, 4.69) is 5.32 Å². The second kappa shape index (κ2) is 6.47. The van der Waals surface area contributed by atoms with E-state index in [0.717, 1.165) is 0 Å². The average Bonchev–Trinajstić information content (AvgIpc) is 2.89. The minimum absolute atomic E-state index is 0.0570. The zero-order valence-corrected chi connectivity index (χ0v) is 12.5. The number of nitrogens with zero attached hydrogens (tertiary/aromatic N) is 1. The van der Waals surface area contributed by atoms with Gasteiger partial charge in [-0.25, -0.2) is 0 Å². The Bertz CT molecular complexity index is 544. The third-order valence-corrected chi connectivity index (χ3v) is 3.53. The summed E-state index contributed by atoms with van der Waals surface area (Å²) < 4.78 is 10.4. The lowest BCUT2D eigenvalue weighted by molar-refractivity contribution is -0.126. The lowest BCUT2D eigenvalue weighted by Gasteiger charge is -2.18. The zero-order chi connectivity index (χ0) is 15.4. The highest BCUT2D eigenvalue weighted by molar-refractivity contribution is 6.00. The van der Waals surface area contributed by atoms with Crippen LogP contribution >= 0.6 is 0 Å². The van der Waals surface area contributed by atoms with Gasteiger partial charge in [-0.05, 0) is 19.1 Å². The van der Waals surface area contributed by atoms with Gasteiger partial charge in [-0.1, -0.05) is 0 Å². The molecule has 1 atom stereocenters. The Morgan fingerprint density at radius 1 is 1.33 bits per heavy atom. The van der Waals surface area contributed by atoms with Crippen LogP contribution in [0.15, 0.2) is 18.2 Å². The first kappa shape index (κ1) is 15.2. The molecule has 1 aliphatic heterocycles. The standard InChI is InChI=1S/C15H20N2O4/c1-4-16-15(19)10-7-14(18)17(9-10)11-5-6-12(20-2)13(8-11)21-3/h5-6,8,10H,4,7,9H2,1-3H3,(H,16,19). The number of rotatable bonds is 5. The first-order valence-electron chi connectivity index (χ1n) is 6.90. The molecule has 1 aromatic rings. The Hall–Kier alpha value is -2.24. The number of amides is 2. The fourth-order valence-corrected chi connectivity index (χ4v) is 2.44. The second-order valence-electron chi connectivity index (χ2n) is 4.84. The molecular weight excluding hydrogens is 272 g/mol. The van der Waals surface area contributed by atoms with Crippen molar-refractivity contribution in [1.29, 1.82) is 0 Å². The lowest BCUT2D eigenvalue weighted by Crippen LogP contribution is -2.32. The van der Waals surface area contributed by atoms with Crippen LogP contribution in [0.5, 0.6) is 11.5 Å². The van der Waals surface area contributed by atoms with Crippen LogP contribution < -0.4 is 19.7 Å². The summed E-state index contributed by atoms with van der Waals surface area (Å²) in [6, 6.07) is 5.29. The molecule has 6 heteroatoms. The van der Waals surface area contributed by atoms with E-state index < -0.39 is 0 Å². The summed E-state index contributed by atoms with van der Waals surface area (Å²) in [7, 11) is 3.11. The van der Waals surface area contributed by atoms with Gasteiger partial charge in [0.2, 0.25) is 11.8 Å². The monoisotopic (exact) mass is 292 g/mol. The number of anilines is 1. The molecule has 21 heavy (non-hydrogen) atoms. The van der Waals surface area contributed by atoms with E-state index in [1.807, 2.05) is 6.92 Å². The molecule has 2 amide bonds. The maximum atomic E-state index is 12.1. The number of carbonyl (C=O) groups excluding carboxylic acids is 2. The van der Waals surface area contributed by atoms with Crippen LogP contribution in [0.2, 0.25) is 0 Å². The fourth-order valence-electron chi connectivity index (χ4n) is 2.44. The van der Waals surface area contributed by atoms with Crippen molar-refractivity contribution in [3.63, 3.8) is 0 Å². The smallest absolute Gasteiger partial charge is 0.227 e. The van der Waals surface area contributed by atoms with Gasteiger partial charge >= 0.3 is 0 Å². The highest BCUT2D eigenvalue weighted by Gasteiger charge is 2.35. The van der Waals surface area contributed by atoms with Gasteiger partial charge in [0.1, 0.15) is 0 Å². The van der Waals surface area contributed by atoms with Gasteiger partial charge in [-0.3, -0.25) is 9.59 Å². The summed E-state index contributed by atoms with van der Waals surface area (Å²) in [5, 5.41) is 2.76. The first-order valence-corrected chi connectivity index (χ1v) is 6.90. The van der Waals surface area contributed by atoms with Crippen LogP contribution in [0, 0.1) is 5.92 Å². The van der Waals surface area contributed by atoms with Gasteiger partial charge in [0.25, 0.3) is 0 Å². The van der Waals surface area contributed by atoms with Crippen molar-refractivity contribution < 1.29 is 19.1 Å². The lowest BCUT2D eigenvalue weighted by atomic mass is 10.1. The number of hydrogen-bond donors (Lipinski definition) is 1. The Balaban J connectivity index is 2.19. The van der Waals surface area contributed by atoms with E-state index in [9.17, 15) is 9.59 Å². The minimum Gasteiger partial charge on any atom is -0.493 e. The van der Waals surface area contributed by atoms with Crippen LogP contribution in [0.1, 0.15) is 13.3 Å². The number of carbonyl (C=O) groups is 2. The van der Waals surface area contributed by atoms with E-state index in [1.54, 1.807) is 37.3 Å². The molecule has 1 heterocycles. The number of nitrogens with one attached hydrogen (secondary N) is 1. The molecule has 0 radical (unpaired) electrons. The highest BCUT2D eigenvalue weighted by atomic mass is 16.5. The van der Waals surface area contributed by atoms with Crippen molar-refractivity contribution in [1.82, 2.24) is 5.32 Å². The predicted molar refractivity (Wildman–Crippen MR) is 78.7 cm³/mol. The second-order valence-corrected chi connectivity index (χ2v) is 4.84. The molecule has 1 fully saturated rings. The van der Waals surface area contributed by atoms with Crippen LogP contribution in [0.3, 0.4) is 0 Å². The van der Waals surface area contributed by atoms with Crippen LogP contribution in [-0.4, -0.2) is 39.1 Å². The SMILES string of the molecule is CCNC(=O)C1CC(=O)N(c2ccc(OC)c(OC)c2)C1.